The van der Waals surface area contributed by atoms with Gasteiger partial charge in [0, 0.05) is 24.0 Å². The number of hydrogen-bond donors (Lipinski definition) is 2. The number of benzene rings is 1. The smallest absolute Gasteiger partial charge is 0.341 e. The third kappa shape index (κ3) is 4.11. The van der Waals surface area contributed by atoms with Gasteiger partial charge in [-0.25, -0.2) is 13.6 Å². The minimum Gasteiger partial charge on any atom is -0.477 e. The van der Waals surface area contributed by atoms with Gasteiger partial charge in [0.15, 0.2) is 0 Å². The van der Waals surface area contributed by atoms with Crippen LogP contribution in [0.25, 0.3) is 10.9 Å². The van der Waals surface area contributed by atoms with Crippen LogP contribution < -0.4 is 11.0 Å². The van der Waals surface area contributed by atoms with E-state index in [4.69, 9.17) is 11.6 Å². The van der Waals surface area contributed by atoms with Crippen LogP contribution in [-0.4, -0.2) is 31.9 Å². The van der Waals surface area contributed by atoms with Crippen LogP contribution in [-0.2, 0) is 6.54 Å². The SMILES string of the molecule is CC(C)[C@@H](CO)n1cc(C(=O)O)c(=O)c2cn(Cc3ccc(F)c(Cl)c3F)c(=O)cc21. The van der Waals surface area contributed by atoms with Gasteiger partial charge < -0.3 is 19.3 Å². The number of carboxylic acid groups (broad SMARTS) is 1. The molecule has 2 heterocycles. The Morgan fingerprint density at radius 2 is 1.87 bits per heavy atom. The Labute approximate surface area is 179 Å². The highest BCUT2D eigenvalue weighted by atomic mass is 35.5. The highest BCUT2D eigenvalue weighted by Gasteiger charge is 2.22. The van der Waals surface area contributed by atoms with E-state index in [1.165, 1.54) is 4.57 Å². The molecule has 10 heteroatoms. The fourth-order valence-electron chi connectivity index (χ4n) is 3.41. The van der Waals surface area contributed by atoms with Gasteiger partial charge in [-0.05, 0) is 12.0 Å². The summed E-state index contributed by atoms with van der Waals surface area (Å²) in [6.45, 7) is 2.89. The third-order valence-corrected chi connectivity index (χ3v) is 5.49. The van der Waals surface area contributed by atoms with Crippen molar-refractivity contribution in [2.24, 2.45) is 5.92 Å². The molecule has 2 N–H and O–H groups in total. The van der Waals surface area contributed by atoms with Gasteiger partial charge in [0.25, 0.3) is 5.56 Å². The number of fused-ring (bicyclic) bond motifs is 1. The predicted molar refractivity (Wildman–Crippen MR) is 111 cm³/mol. The summed E-state index contributed by atoms with van der Waals surface area (Å²) in [5.41, 5.74) is -1.91. The molecule has 7 nitrogen and oxygen atoms in total. The highest BCUT2D eigenvalue weighted by molar-refractivity contribution is 6.30. The van der Waals surface area contributed by atoms with E-state index in [9.17, 15) is 33.4 Å². The van der Waals surface area contributed by atoms with Crippen molar-refractivity contribution in [3.05, 3.63) is 79.0 Å². The number of nitrogens with zero attached hydrogens (tertiary/aromatic N) is 2. The molecule has 0 aliphatic carbocycles. The lowest BCUT2D eigenvalue weighted by molar-refractivity contribution is 0.0694. The molecular formula is C21H19ClF2N2O5. The zero-order valence-electron chi connectivity index (χ0n) is 16.6. The number of rotatable bonds is 6. The van der Waals surface area contributed by atoms with E-state index >= 15 is 0 Å². The summed E-state index contributed by atoms with van der Waals surface area (Å²) in [4.78, 5) is 37.1. The van der Waals surface area contributed by atoms with E-state index in [-0.39, 0.29) is 35.5 Å². The molecule has 0 spiro atoms. The maximum Gasteiger partial charge on any atom is 0.341 e. The molecule has 0 unspecified atom stereocenters. The van der Waals surface area contributed by atoms with Crippen molar-refractivity contribution in [2.75, 3.05) is 6.61 Å². The summed E-state index contributed by atoms with van der Waals surface area (Å²) in [7, 11) is 0. The topological polar surface area (TPSA) is 102 Å². The van der Waals surface area contributed by atoms with Gasteiger partial charge >= 0.3 is 5.97 Å². The van der Waals surface area contributed by atoms with Crippen LogP contribution in [0.5, 0.6) is 0 Å². The van der Waals surface area contributed by atoms with E-state index in [0.717, 1.165) is 35.2 Å². The second-order valence-corrected chi connectivity index (χ2v) is 7.83. The molecular weight excluding hydrogens is 434 g/mol. The molecule has 2 aromatic heterocycles. The molecule has 1 aromatic carbocycles. The standard InChI is InChI=1S/C21H19ClF2N2O5/c1-10(2)16(9-27)26-8-13(21(30)31)20(29)12-7-25(17(28)5-15(12)26)6-11-3-4-14(23)18(22)19(11)24/h3-5,7-8,10,16,27H,6,9H2,1-2H3,(H,30,31)/t16-/m1/s1. The zero-order valence-corrected chi connectivity index (χ0v) is 17.4. The molecule has 1 atom stereocenters. The molecule has 0 saturated heterocycles. The average molecular weight is 453 g/mol. The lowest BCUT2D eigenvalue weighted by Crippen LogP contribution is -2.28. The maximum atomic E-state index is 14.3. The fourth-order valence-corrected chi connectivity index (χ4v) is 3.59. The Morgan fingerprint density at radius 1 is 1.19 bits per heavy atom. The van der Waals surface area contributed by atoms with Crippen LogP contribution in [0.4, 0.5) is 8.78 Å². The second kappa shape index (κ2) is 8.60. The molecule has 3 aromatic rings. The Bertz CT molecular complexity index is 1300. The van der Waals surface area contributed by atoms with Gasteiger partial charge in [-0.15, -0.1) is 0 Å². The van der Waals surface area contributed by atoms with Crippen molar-refractivity contribution in [3.63, 3.8) is 0 Å². The summed E-state index contributed by atoms with van der Waals surface area (Å²) in [6, 6.07) is 2.61. The summed E-state index contributed by atoms with van der Waals surface area (Å²) in [5, 5.41) is 18.4. The van der Waals surface area contributed by atoms with E-state index in [2.05, 4.69) is 0 Å². The molecule has 0 aliphatic heterocycles. The number of aromatic carboxylic acids is 1. The van der Waals surface area contributed by atoms with E-state index in [1.807, 2.05) is 0 Å². The van der Waals surface area contributed by atoms with E-state index in [0.29, 0.717) is 0 Å². The quantitative estimate of drug-likeness (QED) is 0.560. The Kier molecular flexibility index (Phi) is 6.28. The van der Waals surface area contributed by atoms with Crippen LogP contribution >= 0.6 is 11.6 Å². The normalized spacial score (nSPS) is 12.5. The van der Waals surface area contributed by atoms with Crippen molar-refractivity contribution in [1.29, 1.82) is 0 Å². The van der Waals surface area contributed by atoms with Crippen LogP contribution in [0.3, 0.4) is 0 Å². The zero-order chi connectivity index (χ0) is 23.0. The van der Waals surface area contributed by atoms with Crippen LogP contribution in [0, 0.1) is 17.6 Å². The lowest BCUT2D eigenvalue weighted by atomic mass is 10.0. The number of aliphatic hydroxyl groups is 1. The number of aliphatic hydroxyl groups excluding tert-OH is 1. The molecule has 0 amide bonds. The van der Waals surface area contributed by atoms with E-state index in [1.54, 1.807) is 13.8 Å². The molecule has 0 aliphatic rings. The molecule has 31 heavy (non-hydrogen) atoms. The molecule has 164 valence electrons. The van der Waals surface area contributed by atoms with Gasteiger partial charge in [0.1, 0.15) is 22.2 Å². The number of carbonyl (C=O) groups is 1. The van der Waals surface area contributed by atoms with Crippen LogP contribution in [0.1, 0.15) is 35.8 Å². The second-order valence-electron chi connectivity index (χ2n) is 7.45. The van der Waals surface area contributed by atoms with Crippen molar-refractivity contribution in [1.82, 2.24) is 9.13 Å². The average Bonchev–Trinajstić information content (AvgIpc) is 2.71. The highest BCUT2D eigenvalue weighted by Crippen LogP contribution is 2.24. The Hall–Kier alpha value is -3.04. The summed E-state index contributed by atoms with van der Waals surface area (Å²) in [5.74, 6) is -3.59. The monoisotopic (exact) mass is 452 g/mol. The first-order chi connectivity index (χ1) is 14.6. The van der Waals surface area contributed by atoms with E-state index < -0.39 is 45.2 Å². The van der Waals surface area contributed by atoms with Crippen LogP contribution in [0.2, 0.25) is 5.02 Å². The molecule has 0 bridgehead atoms. The molecule has 3 rings (SSSR count). The third-order valence-electron chi connectivity index (χ3n) is 5.14. The number of hydrogen-bond acceptors (Lipinski definition) is 4. The van der Waals surface area contributed by atoms with Crippen LogP contribution in [0.15, 0.2) is 40.2 Å². The maximum absolute atomic E-state index is 14.3. The number of aromatic nitrogens is 2. The predicted octanol–water partition coefficient (Wildman–Crippen LogP) is 3.03. The Balaban J connectivity index is 2.29. The first-order valence-electron chi connectivity index (χ1n) is 9.32. The van der Waals surface area contributed by atoms with Gasteiger partial charge in [-0.2, -0.15) is 0 Å². The van der Waals surface area contributed by atoms with Gasteiger partial charge in [-0.1, -0.05) is 31.5 Å². The molecule has 0 fully saturated rings. The van der Waals surface area contributed by atoms with Gasteiger partial charge in [-0.3, -0.25) is 9.59 Å². The van der Waals surface area contributed by atoms with Crippen molar-refractivity contribution < 1.29 is 23.8 Å². The minimum absolute atomic E-state index is 0.0852. The van der Waals surface area contributed by atoms with Crippen molar-refractivity contribution in [3.8, 4) is 0 Å². The molecule has 0 radical (unpaired) electrons. The van der Waals surface area contributed by atoms with Gasteiger partial charge in [0.2, 0.25) is 5.43 Å². The van der Waals surface area contributed by atoms with Gasteiger partial charge in [0.05, 0.1) is 30.1 Å². The number of pyridine rings is 2. The summed E-state index contributed by atoms with van der Waals surface area (Å²) < 4.78 is 30.1. The van der Waals surface area contributed by atoms with Crippen molar-refractivity contribution in [2.45, 2.75) is 26.4 Å². The summed E-state index contributed by atoms with van der Waals surface area (Å²) in [6.07, 6.45) is 2.24. The lowest BCUT2D eigenvalue weighted by Gasteiger charge is -2.24. The largest absolute Gasteiger partial charge is 0.477 e. The number of carboxylic acids is 1. The first kappa shape index (κ1) is 22.6. The fraction of sp³-hybridized carbons (Fsp3) is 0.286. The Morgan fingerprint density at radius 3 is 2.45 bits per heavy atom. The van der Waals surface area contributed by atoms with Crippen molar-refractivity contribution >= 4 is 28.5 Å². The summed E-state index contributed by atoms with van der Waals surface area (Å²) >= 11 is 5.59. The minimum atomic E-state index is -1.46. The first-order valence-corrected chi connectivity index (χ1v) is 9.70. The number of halogens is 3. The molecule has 0 saturated carbocycles.